The van der Waals surface area contributed by atoms with Gasteiger partial charge in [-0.25, -0.2) is 9.97 Å². The lowest BCUT2D eigenvalue weighted by molar-refractivity contribution is 0.665. The molecular weight excluding hydrogens is 1020 g/mol. The summed E-state index contributed by atoms with van der Waals surface area (Å²) in [5.41, 5.74) is 24.0. The third kappa shape index (κ3) is 7.29. The van der Waals surface area contributed by atoms with Gasteiger partial charge in [-0.1, -0.05) is 191 Å². The maximum atomic E-state index is 7.61. The van der Waals surface area contributed by atoms with E-state index in [1.165, 1.54) is 33.4 Å². The summed E-state index contributed by atoms with van der Waals surface area (Å²) in [6, 6.07) is 84.2. The third-order valence-corrected chi connectivity index (χ3v) is 17.8. The lowest BCUT2D eigenvalue weighted by Gasteiger charge is -2.34. The normalized spacial score (nSPS) is 12.8. The summed E-state index contributed by atoms with van der Waals surface area (Å²) in [5, 5.41) is 4.00. The largest absolute Gasteiger partial charge is 0.455 e. The predicted octanol–water partition coefficient (Wildman–Crippen LogP) is 21.2. The molecule has 0 atom stereocenters. The van der Waals surface area contributed by atoms with Crippen molar-refractivity contribution in [3.05, 3.63) is 287 Å². The van der Waals surface area contributed by atoms with Gasteiger partial charge in [0.1, 0.15) is 34.0 Å². The van der Waals surface area contributed by atoms with Gasteiger partial charge in [0.15, 0.2) is 0 Å². The molecule has 2 aliphatic rings. The zero-order chi connectivity index (χ0) is 56.4. The summed E-state index contributed by atoms with van der Waals surface area (Å²) in [7, 11) is 0. The second-order valence-electron chi connectivity index (χ2n) is 23.0. The molecule has 0 aliphatic heterocycles. The highest BCUT2D eigenvalue weighted by molar-refractivity contribution is 6.25. The lowest BCUT2D eigenvalue weighted by Crippen LogP contribution is -2.27. The maximum Gasteiger partial charge on any atom is 0.145 e. The van der Waals surface area contributed by atoms with Gasteiger partial charge in [0.25, 0.3) is 0 Å². The fourth-order valence-corrected chi connectivity index (χ4v) is 13.9. The summed E-state index contributed by atoms with van der Waals surface area (Å²) in [6.45, 7) is 11.0. The van der Waals surface area contributed by atoms with Gasteiger partial charge in [-0.15, -0.1) is 0 Å². The number of pyridine rings is 2. The van der Waals surface area contributed by atoms with E-state index in [0.717, 1.165) is 140 Å². The Morgan fingerprint density at radius 2 is 0.845 bits per heavy atom. The van der Waals surface area contributed by atoms with Crippen LogP contribution in [0.2, 0.25) is 0 Å². The van der Waals surface area contributed by atoms with Gasteiger partial charge in [0.05, 0.1) is 27.6 Å². The number of hydrogen-bond donors (Lipinski definition) is 0. The zero-order valence-electron chi connectivity index (χ0n) is 47.5. The third-order valence-electron chi connectivity index (χ3n) is 17.8. The Morgan fingerprint density at radius 3 is 1.30 bits per heavy atom. The van der Waals surface area contributed by atoms with Crippen molar-refractivity contribution < 1.29 is 8.83 Å². The molecule has 4 aromatic heterocycles. The molecule has 0 saturated heterocycles. The monoisotopic (exact) mass is 1080 g/mol. The van der Waals surface area contributed by atoms with Gasteiger partial charge in [-0.2, -0.15) is 0 Å². The van der Waals surface area contributed by atoms with Crippen LogP contribution in [-0.2, 0) is 11.8 Å². The maximum absolute atomic E-state index is 7.61. The molecule has 6 nitrogen and oxygen atoms in total. The standard InChI is InChI=1S/C78H58N4O2/c1-6-50-33-37-54(38-34-50)81(76-60(41-48(4)45-79-76)52-21-9-7-10-22-52)66-43-64-72(74-70(66)58-27-15-19-31-68(58)83-74)73-65(78(64)62-29-17-13-25-56(62)57-26-14-18-30-63(57)78)44-67(71-59-28-16-20-32-69(59)84-75(71)73)82(55-39-35-51(36-40-55)47(2)3)77-61(42-49(5)46-80-77)53-23-11-8-12-24-53/h7-47H,6H2,1-5H3. The molecule has 0 unspecified atom stereocenters. The summed E-state index contributed by atoms with van der Waals surface area (Å²) < 4.78 is 15.2. The average molecular weight is 1080 g/mol. The van der Waals surface area contributed by atoms with Gasteiger partial charge >= 0.3 is 0 Å². The van der Waals surface area contributed by atoms with Gasteiger partial charge in [-0.3, -0.25) is 9.80 Å². The molecule has 10 aromatic carbocycles. The molecule has 0 fully saturated rings. The smallest absolute Gasteiger partial charge is 0.145 e. The number of rotatable bonds is 10. The molecule has 0 bridgehead atoms. The molecule has 4 heterocycles. The Bertz CT molecular complexity index is 4890. The van der Waals surface area contributed by atoms with Crippen LogP contribution >= 0.6 is 0 Å². The highest BCUT2D eigenvalue weighted by Crippen LogP contribution is 2.68. The Balaban J connectivity index is 1.10. The first-order valence-electron chi connectivity index (χ1n) is 29.3. The van der Waals surface area contributed by atoms with Crippen molar-refractivity contribution in [2.75, 3.05) is 9.80 Å². The van der Waals surface area contributed by atoms with Crippen LogP contribution in [0, 0.1) is 13.8 Å². The van der Waals surface area contributed by atoms with Crippen molar-refractivity contribution in [3.63, 3.8) is 0 Å². The molecule has 16 rings (SSSR count). The van der Waals surface area contributed by atoms with E-state index in [4.69, 9.17) is 18.8 Å². The highest BCUT2D eigenvalue weighted by Gasteiger charge is 2.55. The number of fused-ring (bicyclic) bond motifs is 18. The van der Waals surface area contributed by atoms with Crippen LogP contribution in [0.1, 0.15) is 71.2 Å². The first-order valence-corrected chi connectivity index (χ1v) is 29.3. The van der Waals surface area contributed by atoms with Gasteiger partial charge in [0, 0.05) is 56.8 Å². The van der Waals surface area contributed by atoms with Crippen molar-refractivity contribution >= 4 is 78.3 Å². The number of hydrogen-bond acceptors (Lipinski definition) is 6. The SMILES string of the molecule is CCc1ccc(N(c2ncc(C)cc2-c2ccccc2)c2cc3c(c4oc5ccccc5c24)-c2c(cc(N(c4ccc(C(C)C)cc4)c4ncc(C)cc4-c4ccccc4)c4c2oc2ccccc24)C32c3ccccc3-c3ccccc32)cc1. The quantitative estimate of drug-likeness (QED) is 0.136. The number of furan rings is 2. The van der Waals surface area contributed by atoms with Crippen LogP contribution in [0.4, 0.5) is 34.4 Å². The molecule has 402 valence electrons. The van der Waals surface area contributed by atoms with E-state index in [2.05, 4.69) is 275 Å². The topological polar surface area (TPSA) is 58.5 Å². The van der Waals surface area contributed by atoms with E-state index >= 15 is 0 Å². The van der Waals surface area contributed by atoms with Gasteiger partial charge in [0.2, 0.25) is 0 Å². The van der Waals surface area contributed by atoms with E-state index in [9.17, 15) is 0 Å². The van der Waals surface area contributed by atoms with Crippen LogP contribution in [0.25, 0.3) is 88.4 Å². The van der Waals surface area contributed by atoms with E-state index in [0.29, 0.717) is 5.92 Å². The summed E-state index contributed by atoms with van der Waals surface area (Å²) in [5.74, 6) is 1.98. The number of aromatic nitrogens is 2. The first kappa shape index (κ1) is 49.5. The Kier molecular flexibility index (Phi) is 11.3. The minimum absolute atomic E-state index is 0.341. The van der Waals surface area contributed by atoms with Crippen molar-refractivity contribution in [3.8, 4) is 44.5 Å². The molecule has 0 amide bonds. The Labute approximate surface area is 488 Å². The molecule has 0 saturated carbocycles. The first-order chi connectivity index (χ1) is 41.3. The van der Waals surface area contributed by atoms with Crippen LogP contribution in [0.5, 0.6) is 0 Å². The Hall–Kier alpha value is -10.3. The number of nitrogens with zero attached hydrogens (tertiary/aromatic N) is 4. The summed E-state index contributed by atoms with van der Waals surface area (Å²) in [4.78, 5) is 15.8. The second-order valence-corrected chi connectivity index (χ2v) is 23.0. The van der Waals surface area contributed by atoms with Crippen molar-refractivity contribution in [2.45, 2.75) is 52.4 Å². The number of anilines is 6. The molecule has 0 N–H and O–H groups in total. The van der Waals surface area contributed by atoms with E-state index in [-0.39, 0.29) is 0 Å². The minimum Gasteiger partial charge on any atom is -0.455 e. The minimum atomic E-state index is -0.904. The Morgan fingerprint density at radius 1 is 0.429 bits per heavy atom. The molecule has 14 aromatic rings. The summed E-state index contributed by atoms with van der Waals surface area (Å²) >= 11 is 0. The van der Waals surface area contributed by atoms with Crippen molar-refractivity contribution in [2.24, 2.45) is 0 Å². The molecule has 2 aliphatic carbocycles. The van der Waals surface area contributed by atoms with E-state index in [1.807, 2.05) is 12.4 Å². The van der Waals surface area contributed by atoms with E-state index < -0.39 is 5.41 Å². The molecule has 1 spiro atoms. The molecule has 84 heavy (non-hydrogen) atoms. The van der Waals surface area contributed by atoms with Gasteiger partial charge < -0.3 is 8.83 Å². The fourth-order valence-electron chi connectivity index (χ4n) is 13.9. The zero-order valence-corrected chi connectivity index (χ0v) is 47.5. The fraction of sp³-hybridized carbons (Fsp3) is 0.103. The van der Waals surface area contributed by atoms with Crippen LogP contribution < -0.4 is 9.80 Å². The van der Waals surface area contributed by atoms with Crippen LogP contribution in [0.15, 0.2) is 252 Å². The number of aryl methyl sites for hydroxylation is 3. The molecule has 0 radical (unpaired) electrons. The highest BCUT2D eigenvalue weighted by atomic mass is 16.3. The molecule has 6 heteroatoms. The number of para-hydroxylation sites is 2. The van der Waals surface area contributed by atoms with Crippen LogP contribution in [0.3, 0.4) is 0 Å². The van der Waals surface area contributed by atoms with Gasteiger partial charge in [-0.05, 0) is 154 Å². The van der Waals surface area contributed by atoms with E-state index in [1.54, 1.807) is 0 Å². The van der Waals surface area contributed by atoms with Crippen LogP contribution in [-0.4, -0.2) is 9.97 Å². The molecular formula is C78H58N4O2. The summed E-state index contributed by atoms with van der Waals surface area (Å²) in [6.07, 6.45) is 4.92. The second kappa shape index (κ2) is 19.2. The van der Waals surface area contributed by atoms with Crippen molar-refractivity contribution in [1.29, 1.82) is 0 Å². The predicted molar refractivity (Wildman–Crippen MR) is 346 cm³/mol. The number of benzene rings is 10. The average Bonchev–Trinajstić information content (AvgIpc) is 1.52. The van der Waals surface area contributed by atoms with Crippen molar-refractivity contribution in [1.82, 2.24) is 9.97 Å². The lowest BCUT2D eigenvalue weighted by atomic mass is 9.70.